The Labute approximate surface area is 237 Å². The Morgan fingerprint density at radius 2 is 1.46 bits per heavy atom. The third-order valence-corrected chi connectivity index (χ3v) is 8.47. The van der Waals surface area contributed by atoms with E-state index in [-0.39, 0.29) is 16.2 Å². The van der Waals surface area contributed by atoms with E-state index in [0.29, 0.717) is 32.0 Å². The molecule has 0 unspecified atom stereocenters. The van der Waals surface area contributed by atoms with Gasteiger partial charge in [0, 0.05) is 38.3 Å². The number of hydrogen-bond acceptors (Lipinski definition) is 5. The Kier molecular flexibility index (Phi) is 6.87. The van der Waals surface area contributed by atoms with Crippen molar-refractivity contribution in [1.82, 2.24) is 3.97 Å². The van der Waals surface area contributed by atoms with Gasteiger partial charge in [-0.1, -0.05) is 40.9 Å². The van der Waals surface area contributed by atoms with Crippen molar-refractivity contribution in [2.24, 2.45) is 5.41 Å². The molecule has 0 aliphatic carbocycles. The first kappa shape index (κ1) is 27.1. The lowest BCUT2D eigenvalue weighted by Gasteiger charge is -2.19. The molecule has 0 radical (unpaired) electrons. The number of ether oxygens (including phenoxy) is 1. The molecule has 0 aliphatic heterocycles. The molecule has 0 bridgehead atoms. The van der Waals surface area contributed by atoms with Crippen molar-refractivity contribution in [3.8, 4) is 5.75 Å². The second-order valence-corrected chi connectivity index (χ2v) is 13.0. The smallest absolute Gasteiger partial charge is 0.316 e. The van der Waals surface area contributed by atoms with Gasteiger partial charge in [0.05, 0.1) is 15.8 Å². The molecule has 0 fully saturated rings. The van der Waals surface area contributed by atoms with Crippen LogP contribution in [-0.2, 0) is 14.8 Å². The van der Waals surface area contributed by atoms with Crippen LogP contribution in [0.15, 0.2) is 83.8 Å². The number of fused-ring (bicyclic) bond motifs is 3. The molecule has 0 saturated heterocycles. The summed E-state index contributed by atoms with van der Waals surface area (Å²) in [6.45, 7) is 7.10. The van der Waals surface area contributed by atoms with Gasteiger partial charge in [-0.05, 0) is 88.4 Å². The molecule has 0 atom stereocenters. The standard InChI is InChI=1S/C30H26Cl2N2O4S/c1-18-5-12-23(13-6-18)39(36,37)34-26-14-9-20(32)15-24(26)25-16-22(33-21-10-7-19(31)8-11-21)17-27(28(25)34)38-29(35)30(2,3)4/h5-17,33H,1-4H3. The van der Waals surface area contributed by atoms with Crippen molar-refractivity contribution in [2.45, 2.75) is 32.6 Å². The Morgan fingerprint density at radius 1 is 0.821 bits per heavy atom. The molecule has 0 spiro atoms. The van der Waals surface area contributed by atoms with Crippen molar-refractivity contribution in [3.05, 3.63) is 94.5 Å². The van der Waals surface area contributed by atoms with E-state index in [0.717, 1.165) is 11.3 Å². The number of nitrogens with one attached hydrogen (secondary N) is 1. The fourth-order valence-corrected chi connectivity index (χ4v) is 6.05. The van der Waals surface area contributed by atoms with Crippen LogP contribution in [0.5, 0.6) is 5.75 Å². The molecule has 39 heavy (non-hydrogen) atoms. The lowest BCUT2D eigenvalue weighted by Crippen LogP contribution is -2.26. The van der Waals surface area contributed by atoms with Crippen LogP contribution in [0.3, 0.4) is 0 Å². The highest BCUT2D eigenvalue weighted by molar-refractivity contribution is 7.90. The van der Waals surface area contributed by atoms with E-state index >= 15 is 0 Å². The molecule has 4 aromatic carbocycles. The molecule has 1 N–H and O–H groups in total. The van der Waals surface area contributed by atoms with Gasteiger partial charge in [-0.3, -0.25) is 4.79 Å². The van der Waals surface area contributed by atoms with Crippen LogP contribution in [-0.4, -0.2) is 18.4 Å². The topological polar surface area (TPSA) is 77.4 Å². The number of aryl methyl sites for hydroxylation is 1. The highest BCUT2D eigenvalue weighted by Gasteiger charge is 2.30. The Hall–Kier alpha value is -3.52. The van der Waals surface area contributed by atoms with Gasteiger partial charge in [0.15, 0.2) is 5.75 Å². The quantitative estimate of drug-likeness (QED) is 0.167. The summed E-state index contributed by atoms with van der Waals surface area (Å²) in [5, 5.41) is 5.49. The van der Waals surface area contributed by atoms with Gasteiger partial charge in [-0.2, -0.15) is 0 Å². The fourth-order valence-electron chi connectivity index (χ4n) is 4.21. The summed E-state index contributed by atoms with van der Waals surface area (Å²) in [7, 11) is -4.10. The normalized spacial score (nSPS) is 12.2. The van der Waals surface area contributed by atoms with E-state index in [4.69, 9.17) is 27.9 Å². The largest absolute Gasteiger partial charge is 0.424 e. The lowest BCUT2D eigenvalue weighted by molar-refractivity contribution is -0.142. The van der Waals surface area contributed by atoms with Crippen LogP contribution in [0.25, 0.3) is 21.8 Å². The van der Waals surface area contributed by atoms with Gasteiger partial charge in [0.1, 0.15) is 5.52 Å². The number of rotatable bonds is 5. The maximum atomic E-state index is 14.1. The predicted molar refractivity (Wildman–Crippen MR) is 158 cm³/mol. The summed E-state index contributed by atoms with van der Waals surface area (Å²) < 4.78 is 35.4. The Morgan fingerprint density at radius 3 is 2.10 bits per heavy atom. The zero-order valence-electron chi connectivity index (χ0n) is 21.7. The van der Waals surface area contributed by atoms with Gasteiger partial charge >= 0.3 is 5.97 Å². The summed E-state index contributed by atoms with van der Waals surface area (Å²) in [4.78, 5) is 13.2. The molecule has 6 nitrogen and oxygen atoms in total. The summed E-state index contributed by atoms with van der Waals surface area (Å²) in [5.74, 6) is -0.401. The van der Waals surface area contributed by atoms with Crippen molar-refractivity contribution in [2.75, 3.05) is 5.32 Å². The SMILES string of the molecule is Cc1ccc(S(=O)(=O)n2c3ccc(Cl)cc3c3cc(Nc4ccc(Cl)cc4)cc(OC(=O)C(C)(C)C)c32)cc1. The minimum atomic E-state index is -4.10. The van der Waals surface area contributed by atoms with Crippen LogP contribution in [0.1, 0.15) is 26.3 Å². The lowest BCUT2D eigenvalue weighted by atomic mass is 9.97. The van der Waals surface area contributed by atoms with Crippen LogP contribution in [0.4, 0.5) is 11.4 Å². The number of carbonyl (C=O) groups excluding carboxylic acids is 1. The highest BCUT2D eigenvalue weighted by atomic mass is 35.5. The van der Waals surface area contributed by atoms with Crippen molar-refractivity contribution >= 4 is 72.4 Å². The van der Waals surface area contributed by atoms with E-state index in [1.165, 1.54) is 3.97 Å². The minimum Gasteiger partial charge on any atom is -0.424 e. The average molecular weight is 582 g/mol. The Balaban J connectivity index is 1.84. The molecule has 9 heteroatoms. The van der Waals surface area contributed by atoms with Crippen molar-refractivity contribution in [1.29, 1.82) is 0 Å². The van der Waals surface area contributed by atoms with Crippen LogP contribution < -0.4 is 10.1 Å². The van der Waals surface area contributed by atoms with Crippen LogP contribution in [0.2, 0.25) is 10.0 Å². The highest BCUT2D eigenvalue weighted by Crippen LogP contribution is 2.42. The van der Waals surface area contributed by atoms with Gasteiger partial charge < -0.3 is 10.1 Å². The number of nitrogens with zero attached hydrogens (tertiary/aromatic N) is 1. The number of hydrogen-bond donors (Lipinski definition) is 1. The van der Waals surface area contributed by atoms with E-state index in [1.54, 1.807) is 81.4 Å². The monoisotopic (exact) mass is 580 g/mol. The molecule has 1 heterocycles. The molecular weight excluding hydrogens is 555 g/mol. The fraction of sp³-hybridized carbons (Fsp3) is 0.167. The molecule has 5 aromatic rings. The first-order valence-electron chi connectivity index (χ1n) is 12.2. The van der Waals surface area contributed by atoms with Gasteiger partial charge in [0.2, 0.25) is 0 Å². The summed E-state index contributed by atoms with van der Waals surface area (Å²) in [6, 6.07) is 22.2. The minimum absolute atomic E-state index is 0.104. The number of anilines is 2. The van der Waals surface area contributed by atoms with Gasteiger partial charge in [0.25, 0.3) is 10.0 Å². The number of halogens is 2. The summed E-state index contributed by atoms with van der Waals surface area (Å²) in [6.07, 6.45) is 0. The number of aromatic nitrogens is 1. The van der Waals surface area contributed by atoms with E-state index < -0.39 is 21.4 Å². The summed E-state index contributed by atoms with van der Waals surface area (Å²) >= 11 is 12.4. The van der Waals surface area contributed by atoms with Crippen molar-refractivity contribution < 1.29 is 17.9 Å². The van der Waals surface area contributed by atoms with Crippen molar-refractivity contribution in [3.63, 3.8) is 0 Å². The zero-order valence-corrected chi connectivity index (χ0v) is 24.1. The molecule has 0 aliphatic rings. The molecule has 200 valence electrons. The first-order chi connectivity index (χ1) is 18.3. The predicted octanol–water partition coefficient (Wildman–Crippen LogP) is 8.34. The van der Waals surface area contributed by atoms with Crippen LogP contribution >= 0.6 is 23.2 Å². The third-order valence-electron chi connectivity index (χ3n) is 6.25. The first-order valence-corrected chi connectivity index (χ1v) is 14.4. The van der Waals surface area contributed by atoms with Gasteiger partial charge in [-0.15, -0.1) is 0 Å². The number of benzene rings is 4. The van der Waals surface area contributed by atoms with E-state index in [2.05, 4.69) is 5.32 Å². The summed E-state index contributed by atoms with van der Waals surface area (Å²) in [5.41, 5.74) is 2.09. The maximum absolute atomic E-state index is 14.1. The molecule has 5 rings (SSSR count). The zero-order chi connectivity index (χ0) is 28.1. The van der Waals surface area contributed by atoms with Gasteiger partial charge in [-0.25, -0.2) is 12.4 Å². The average Bonchev–Trinajstić information content (AvgIpc) is 3.20. The van der Waals surface area contributed by atoms with E-state index in [1.807, 2.05) is 25.1 Å². The molecule has 1 aromatic heterocycles. The molecular formula is C30H26Cl2N2O4S. The molecule has 0 amide bonds. The third kappa shape index (κ3) is 5.22. The maximum Gasteiger partial charge on any atom is 0.316 e. The second-order valence-electron chi connectivity index (χ2n) is 10.4. The Bertz CT molecular complexity index is 1840. The van der Waals surface area contributed by atoms with E-state index in [9.17, 15) is 13.2 Å². The second kappa shape index (κ2) is 9.90. The number of carbonyl (C=O) groups is 1. The molecule has 0 saturated carbocycles. The van der Waals surface area contributed by atoms with Crippen LogP contribution in [0, 0.1) is 12.3 Å². The number of esters is 1.